The Bertz CT molecular complexity index is 1060. The van der Waals surface area contributed by atoms with Gasteiger partial charge in [-0.1, -0.05) is 25.6 Å². The average molecular weight is 459 g/mol. The maximum Gasteiger partial charge on any atom is 0.251 e. The Hall–Kier alpha value is -3.01. The van der Waals surface area contributed by atoms with E-state index >= 15 is 0 Å². The molecule has 0 aliphatic rings. The molecule has 2 heterocycles. The molecule has 10 heteroatoms. The number of amides is 1. The lowest BCUT2D eigenvalue weighted by Crippen LogP contribution is -2.27. The van der Waals surface area contributed by atoms with Crippen LogP contribution in [-0.4, -0.2) is 57.7 Å². The van der Waals surface area contributed by atoms with Crippen molar-refractivity contribution >= 4 is 34.5 Å². The van der Waals surface area contributed by atoms with E-state index in [0.717, 1.165) is 16.9 Å². The lowest BCUT2D eigenvalue weighted by molar-refractivity contribution is 0.0951. The Morgan fingerprint density at radius 1 is 1.09 bits per heavy atom. The second-order valence-corrected chi connectivity index (χ2v) is 9.33. The van der Waals surface area contributed by atoms with Gasteiger partial charge < -0.3 is 20.1 Å². The van der Waals surface area contributed by atoms with Crippen molar-refractivity contribution in [2.45, 2.75) is 50.7 Å². The number of nitrogens with one attached hydrogen (secondary N) is 2. The molecule has 0 unspecified atom stereocenters. The van der Waals surface area contributed by atoms with E-state index < -0.39 is 0 Å². The van der Waals surface area contributed by atoms with Gasteiger partial charge in [-0.05, 0) is 26.0 Å². The predicted octanol–water partition coefficient (Wildman–Crippen LogP) is 3.59. The van der Waals surface area contributed by atoms with E-state index in [-0.39, 0.29) is 11.9 Å². The molecule has 0 radical (unpaired) electrons. The summed E-state index contributed by atoms with van der Waals surface area (Å²) in [4.78, 5) is 22.0. The van der Waals surface area contributed by atoms with Crippen molar-refractivity contribution in [1.82, 2.24) is 25.1 Å². The number of fused-ring (bicyclic) bond motifs is 1. The van der Waals surface area contributed by atoms with Gasteiger partial charge in [0.15, 0.2) is 10.8 Å². The molecule has 0 aliphatic carbocycles. The van der Waals surface area contributed by atoms with Crippen LogP contribution in [0, 0.1) is 0 Å². The van der Waals surface area contributed by atoms with Gasteiger partial charge in [0, 0.05) is 29.5 Å². The van der Waals surface area contributed by atoms with E-state index in [2.05, 4.69) is 48.4 Å². The third kappa shape index (κ3) is 5.82. The Morgan fingerprint density at radius 2 is 1.78 bits per heavy atom. The molecule has 0 fully saturated rings. The second kappa shape index (κ2) is 10.5. The van der Waals surface area contributed by atoms with Crippen LogP contribution < -0.4 is 20.1 Å². The first-order chi connectivity index (χ1) is 15.3. The lowest BCUT2D eigenvalue weighted by Gasteiger charge is -2.13. The number of anilines is 1. The van der Waals surface area contributed by atoms with Crippen molar-refractivity contribution in [3.05, 3.63) is 30.0 Å². The van der Waals surface area contributed by atoms with Gasteiger partial charge in [0.05, 0.1) is 32.3 Å². The number of benzene rings is 1. The highest BCUT2D eigenvalue weighted by Crippen LogP contribution is 2.27. The van der Waals surface area contributed by atoms with Gasteiger partial charge in [-0.3, -0.25) is 4.79 Å². The molecule has 1 aromatic carbocycles. The third-order valence-corrected chi connectivity index (χ3v) is 5.33. The first-order valence-corrected chi connectivity index (χ1v) is 11.4. The van der Waals surface area contributed by atoms with Gasteiger partial charge >= 0.3 is 0 Å². The zero-order valence-corrected chi connectivity index (χ0v) is 20.1. The quantitative estimate of drug-likeness (QED) is 0.351. The number of nitrogens with zero attached hydrogens (tertiary/aromatic N) is 4. The van der Waals surface area contributed by atoms with E-state index in [1.54, 1.807) is 55.1 Å². The van der Waals surface area contributed by atoms with E-state index in [1.807, 2.05) is 0 Å². The van der Waals surface area contributed by atoms with Crippen LogP contribution in [-0.2, 0) is 6.54 Å². The van der Waals surface area contributed by atoms with Crippen LogP contribution in [0.5, 0.6) is 11.5 Å². The van der Waals surface area contributed by atoms with Crippen LogP contribution in [0.2, 0.25) is 0 Å². The minimum absolute atomic E-state index is 0.216. The SMILES string of the molecule is COc1cc(OC)cc(C(=O)NCCn2ncc3c(NC(C)C)nc(SC(C)C)nc32)c1. The summed E-state index contributed by atoms with van der Waals surface area (Å²) in [7, 11) is 3.10. The molecule has 3 rings (SSSR count). The maximum atomic E-state index is 12.6. The second-order valence-electron chi connectivity index (χ2n) is 7.78. The van der Waals surface area contributed by atoms with Crippen LogP contribution in [0.15, 0.2) is 29.6 Å². The normalized spacial score (nSPS) is 11.2. The molecular formula is C22H30N6O3S. The van der Waals surface area contributed by atoms with Crippen molar-refractivity contribution in [2.24, 2.45) is 0 Å². The number of thioether (sulfide) groups is 1. The molecule has 3 aromatic rings. The number of methoxy groups -OCH3 is 2. The first kappa shape index (κ1) is 23.6. The number of hydrogen-bond donors (Lipinski definition) is 2. The average Bonchev–Trinajstić information content (AvgIpc) is 3.15. The first-order valence-electron chi connectivity index (χ1n) is 10.5. The Labute approximate surface area is 192 Å². The molecule has 0 atom stereocenters. The minimum atomic E-state index is -0.216. The van der Waals surface area contributed by atoms with E-state index in [0.29, 0.717) is 40.6 Å². The van der Waals surface area contributed by atoms with Gasteiger partial charge in [0.1, 0.15) is 17.3 Å². The predicted molar refractivity (Wildman–Crippen MR) is 127 cm³/mol. The summed E-state index contributed by atoms with van der Waals surface area (Å²) >= 11 is 1.60. The highest BCUT2D eigenvalue weighted by atomic mass is 32.2. The molecule has 2 aromatic heterocycles. The molecule has 9 nitrogen and oxygen atoms in total. The number of rotatable bonds is 10. The zero-order valence-electron chi connectivity index (χ0n) is 19.3. The van der Waals surface area contributed by atoms with Gasteiger partial charge in [0.25, 0.3) is 5.91 Å². The van der Waals surface area contributed by atoms with Crippen molar-refractivity contribution in [2.75, 3.05) is 26.1 Å². The number of aromatic nitrogens is 4. The summed E-state index contributed by atoms with van der Waals surface area (Å²) in [6.07, 6.45) is 1.76. The van der Waals surface area contributed by atoms with Crippen LogP contribution >= 0.6 is 11.8 Å². The van der Waals surface area contributed by atoms with E-state index in [4.69, 9.17) is 14.5 Å². The van der Waals surface area contributed by atoms with Crippen LogP contribution in [0.25, 0.3) is 11.0 Å². The standard InChI is InChI=1S/C22H30N6O3S/c1-13(2)25-19-18-12-24-28(20(18)27-22(26-19)32-14(3)4)8-7-23-21(29)15-9-16(30-5)11-17(10-15)31-6/h9-14H,7-8H2,1-6H3,(H,23,29)(H,25,26,27). The lowest BCUT2D eigenvalue weighted by atomic mass is 10.2. The molecule has 0 aliphatic heterocycles. The fraction of sp³-hybridized carbons (Fsp3) is 0.455. The van der Waals surface area contributed by atoms with Gasteiger partial charge in [-0.15, -0.1) is 0 Å². The molecule has 1 amide bonds. The van der Waals surface area contributed by atoms with Crippen molar-refractivity contribution in [3.63, 3.8) is 0 Å². The minimum Gasteiger partial charge on any atom is -0.497 e. The van der Waals surface area contributed by atoms with E-state index in [1.165, 1.54) is 0 Å². The van der Waals surface area contributed by atoms with Crippen molar-refractivity contribution in [3.8, 4) is 11.5 Å². The maximum absolute atomic E-state index is 12.6. The molecule has 0 saturated carbocycles. The fourth-order valence-electron chi connectivity index (χ4n) is 3.06. The molecule has 0 spiro atoms. The van der Waals surface area contributed by atoms with Gasteiger partial charge in [-0.2, -0.15) is 5.10 Å². The van der Waals surface area contributed by atoms with Crippen molar-refractivity contribution < 1.29 is 14.3 Å². The molecular weight excluding hydrogens is 428 g/mol. The molecule has 32 heavy (non-hydrogen) atoms. The third-order valence-electron chi connectivity index (χ3n) is 4.47. The fourth-order valence-corrected chi connectivity index (χ4v) is 3.77. The van der Waals surface area contributed by atoms with Gasteiger partial charge in [-0.25, -0.2) is 14.6 Å². The summed E-state index contributed by atoms with van der Waals surface area (Å²) in [5, 5.41) is 12.7. The number of ether oxygens (including phenoxy) is 2. The molecule has 172 valence electrons. The molecule has 0 bridgehead atoms. The summed E-state index contributed by atoms with van der Waals surface area (Å²) in [5.74, 6) is 1.67. The summed E-state index contributed by atoms with van der Waals surface area (Å²) in [6.45, 7) is 9.20. The number of carbonyl (C=O) groups is 1. The molecule has 2 N–H and O–H groups in total. The largest absolute Gasteiger partial charge is 0.497 e. The van der Waals surface area contributed by atoms with Crippen LogP contribution in [0.4, 0.5) is 5.82 Å². The smallest absolute Gasteiger partial charge is 0.251 e. The number of hydrogen-bond acceptors (Lipinski definition) is 8. The number of carbonyl (C=O) groups excluding carboxylic acids is 1. The summed E-state index contributed by atoms with van der Waals surface area (Å²) in [5.41, 5.74) is 1.21. The van der Waals surface area contributed by atoms with Crippen LogP contribution in [0.1, 0.15) is 38.1 Å². The van der Waals surface area contributed by atoms with Gasteiger partial charge in [0.2, 0.25) is 0 Å². The summed E-state index contributed by atoms with van der Waals surface area (Å²) < 4.78 is 12.3. The highest BCUT2D eigenvalue weighted by molar-refractivity contribution is 7.99. The Kier molecular flexibility index (Phi) is 7.79. The van der Waals surface area contributed by atoms with Crippen molar-refractivity contribution in [1.29, 1.82) is 0 Å². The Balaban J connectivity index is 1.77. The monoisotopic (exact) mass is 458 g/mol. The molecule has 0 saturated heterocycles. The van der Waals surface area contributed by atoms with Crippen LogP contribution in [0.3, 0.4) is 0 Å². The topological polar surface area (TPSA) is 103 Å². The zero-order chi connectivity index (χ0) is 23.3. The van der Waals surface area contributed by atoms with E-state index in [9.17, 15) is 4.79 Å². The summed E-state index contributed by atoms with van der Waals surface area (Å²) in [6, 6.07) is 5.30. The highest BCUT2D eigenvalue weighted by Gasteiger charge is 2.15. The Morgan fingerprint density at radius 3 is 2.38 bits per heavy atom.